The van der Waals surface area contributed by atoms with Crippen LogP contribution in [-0.2, 0) is 0 Å². The van der Waals surface area contributed by atoms with Crippen LogP contribution in [-0.4, -0.2) is 17.7 Å². The first kappa shape index (κ1) is 22.7. The molecule has 0 fully saturated rings. The Balaban J connectivity index is 0.00000338. The van der Waals surface area contributed by atoms with Crippen LogP contribution in [0, 0.1) is 18.8 Å². The largest absolute Gasteiger partial charge is 0.508 e. The van der Waals surface area contributed by atoms with Crippen LogP contribution in [0.2, 0.25) is 0 Å². The lowest BCUT2D eigenvalue weighted by Crippen LogP contribution is -2.39. The minimum absolute atomic E-state index is 0. The maximum Gasteiger partial charge on any atom is 0.119 e. The molecule has 144 valence electrons. The smallest absolute Gasteiger partial charge is 0.119 e. The van der Waals surface area contributed by atoms with Crippen LogP contribution in [0.15, 0.2) is 48.5 Å². The van der Waals surface area contributed by atoms with Crippen LogP contribution < -0.4 is 5.32 Å². The molecule has 0 saturated carbocycles. The summed E-state index contributed by atoms with van der Waals surface area (Å²) in [5.41, 5.74) is 3.47. The predicted molar refractivity (Wildman–Crippen MR) is 118 cm³/mol. The Morgan fingerprint density at radius 2 is 1.54 bits per heavy atom. The number of aryl methyl sites for hydroxylation is 1. The Morgan fingerprint density at radius 1 is 0.923 bits per heavy atom. The zero-order valence-electron chi connectivity index (χ0n) is 16.7. The molecule has 3 heteroatoms. The number of phenolic OH excluding ortho intramolecular Hbond substituents is 1. The Hall–Kier alpha value is -1.32. The van der Waals surface area contributed by atoms with E-state index in [1.807, 2.05) is 18.2 Å². The Labute approximate surface area is 169 Å². The van der Waals surface area contributed by atoms with E-state index in [2.05, 4.69) is 70.3 Å². The fourth-order valence-corrected chi connectivity index (χ4v) is 3.78. The van der Waals surface area contributed by atoms with E-state index in [4.69, 9.17) is 0 Å². The van der Waals surface area contributed by atoms with Crippen molar-refractivity contribution in [3.05, 3.63) is 65.2 Å². The van der Waals surface area contributed by atoms with Gasteiger partial charge in [0.1, 0.15) is 5.75 Å². The maximum absolute atomic E-state index is 10.4. The van der Waals surface area contributed by atoms with Crippen molar-refractivity contribution in [2.24, 2.45) is 11.8 Å². The minimum atomic E-state index is 0. The molecule has 0 radical (unpaired) electrons. The first-order valence-corrected chi connectivity index (χ1v) is 9.48. The second-order valence-corrected chi connectivity index (χ2v) is 7.78. The summed E-state index contributed by atoms with van der Waals surface area (Å²) in [6, 6.07) is 16.9. The van der Waals surface area contributed by atoms with Crippen LogP contribution in [0.25, 0.3) is 0 Å². The quantitative estimate of drug-likeness (QED) is 0.543. The van der Waals surface area contributed by atoms with Gasteiger partial charge < -0.3 is 10.4 Å². The minimum Gasteiger partial charge on any atom is -0.508 e. The topological polar surface area (TPSA) is 32.3 Å². The van der Waals surface area contributed by atoms with Gasteiger partial charge in [0, 0.05) is 17.5 Å². The molecule has 0 heterocycles. The van der Waals surface area contributed by atoms with Crippen molar-refractivity contribution in [1.29, 1.82) is 0 Å². The molecule has 0 aliphatic carbocycles. The number of halogens is 1. The van der Waals surface area contributed by atoms with E-state index in [0.29, 0.717) is 23.6 Å². The summed E-state index contributed by atoms with van der Waals surface area (Å²) in [6.45, 7) is 12.1. The molecule has 2 nitrogen and oxygen atoms in total. The van der Waals surface area contributed by atoms with Gasteiger partial charge in [0.15, 0.2) is 0 Å². The van der Waals surface area contributed by atoms with E-state index in [0.717, 1.165) is 18.5 Å². The highest BCUT2D eigenvalue weighted by Gasteiger charge is 2.20. The molecule has 0 saturated heterocycles. The number of rotatable bonds is 8. The summed E-state index contributed by atoms with van der Waals surface area (Å²) in [5.74, 6) is 1.82. The molecule has 1 atom stereocenters. The van der Waals surface area contributed by atoms with Gasteiger partial charge >= 0.3 is 0 Å². The average Bonchev–Trinajstić information content (AvgIpc) is 2.57. The van der Waals surface area contributed by atoms with Gasteiger partial charge in [-0.25, -0.2) is 0 Å². The third-order valence-electron chi connectivity index (χ3n) is 5.01. The number of aromatic hydroxyl groups is 1. The molecular formula is C23H34BrNO. The normalized spacial score (nSPS) is 12.5. The molecule has 0 amide bonds. The van der Waals surface area contributed by atoms with Crippen LogP contribution in [0.3, 0.4) is 0 Å². The highest BCUT2D eigenvalue weighted by atomic mass is 79.9. The lowest BCUT2D eigenvalue weighted by atomic mass is 9.86. The fourth-order valence-electron chi connectivity index (χ4n) is 3.78. The molecule has 0 bridgehead atoms. The summed E-state index contributed by atoms with van der Waals surface area (Å²) in [7, 11) is 0. The molecule has 0 spiro atoms. The van der Waals surface area contributed by atoms with Crippen molar-refractivity contribution in [2.45, 2.75) is 53.0 Å². The number of phenols is 1. The highest BCUT2D eigenvalue weighted by Crippen LogP contribution is 2.34. The summed E-state index contributed by atoms with van der Waals surface area (Å²) in [4.78, 5) is 0. The SMILES string of the molecule is Br.Cc1ccc(O)c(C(CCNC(C(C)C)C(C)C)c2ccccc2)c1. The molecule has 0 aliphatic heterocycles. The number of hydrogen-bond acceptors (Lipinski definition) is 2. The first-order chi connectivity index (χ1) is 11.9. The van der Waals surface area contributed by atoms with Gasteiger partial charge in [-0.2, -0.15) is 0 Å². The second-order valence-electron chi connectivity index (χ2n) is 7.78. The van der Waals surface area contributed by atoms with Gasteiger partial charge in [0.2, 0.25) is 0 Å². The van der Waals surface area contributed by atoms with Crippen molar-refractivity contribution >= 4 is 17.0 Å². The maximum atomic E-state index is 10.4. The predicted octanol–water partition coefficient (Wildman–Crippen LogP) is 6.07. The molecule has 0 aromatic heterocycles. The number of nitrogens with one attached hydrogen (secondary N) is 1. The summed E-state index contributed by atoms with van der Waals surface area (Å²) < 4.78 is 0. The van der Waals surface area contributed by atoms with Crippen molar-refractivity contribution < 1.29 is 5.11 Å². The van der Waals surface area contributed by atoms with E-state index < -0.39 is 0 Å². The van der Waals surface area contributed by atoms with Gasteiger partial charge in [-0.05, 0) is 43.4 Å². The standard InChI is InChI=1S/C23H33NO.BrH/c1-16(2)23(17(3)4)24-14-13-20(19-9-7-6-8-10-19)21-15-18(5)11-12-22(21)25;/h6-12,15-17,20,23-25H,13-14H2,1-5H3;1H. The van der Waals surface area contributed by atoms with E-state index in [9.17, 15) is 5.11 Å². The van der Waals surface area contributed by atoms with Crippen LogP contribution in [0.4, 0.5) is 0 Å². The molecular weight excluding hydrogens is 386 g/mol. The first-order valence-electron chi connectivity index (χ1n) is 9.48. The summed E-state index contributed by atoms with van der Waals surface area (Å²) in [6.07, 6.45) is 0.969. The monoisotopic (exact) mass is 419 g/mol. The van der Waals surface area contributed by atoms with Gasteiger partial charge in [-0.3, -0.25) is 0 Å². The zero-order chi connectivity index (χ0) is 18.4. The molecule has 2 aromatic rings. The lowest BCUT2D eigenvalue weighted by Gasteiger charge is -2.28. The lowest BCUT2D eigenvalue weighted by molar-refractivity contribution is 0.312. The van der Waals surface area contributed by atoms with Crippen molar-refractivity contribution in [3.8, 4) is 5.75 Å². The fraction of sp³-hybridized carbons (Fsp3) is 0.478. The average molecular weight is 420 g/mol. The van der Waals surface area contributed by atoms with Gasteiger partial charge in [-0.1, -0.05) is 75.7 Å². The van der Waals surface area contributed by atoms with Crippen LogP contribution in [0.1, 0.15) is 56.7 Å². The van der Waals surface area contributed by atoms with Gasteiger partial charge in [-0.15, -0.1) is 17.0 Å². The third kappa shape index (κ3) is 6.14. The van der Waals surface area contributed by atoms with Gasteiger partial charge in [0.25, 0.3) is 0 Å². The van der Waals surface area contributed by atoms with E-state index in [1.54, 1.807) is 0 Å². The van der Waals surface area contributed by atoms with Crippen LogP contribution in [0.5, 0.6) is 5.75 Å². The Bertz CT molecular complexity index is 647. The number of benzene rings is 2. The van der Waals surface area contributed by atoms with E-state index in [-0.39, 0.29) is 22.9 Å². The molecule has 1 unspecified atom stereocenters. The summed E-state index contributed by atoms with van der Waals surface area (Å²) in [5, 5.41) is 14.2. The van der Waals surface area contributed by atoms with E-state index >= 15 is 0 Å². The van der Waals surface area contributed by atoms with Gasteiger partial charge in [0.05, 0.1) is 0 Å². The molecule has 26 heavy (non-hydrogen) atoms. The molecule has 2 rings (SSSR count). The molecule has 0 aliphatic rings. The van der Waals surface area contributed by atoms with Crippen molar-refractivity contribution in [3.63, 3.8) is 0 Å². The van der Waals surface area contributed by atoms with E-state index in [1.165, 1.54) is 11.1 Å². The number of hydrogen-bond donors (Lipinski definition) is 2. The van der Waals surface area contributed by atoms with Crippen LogP contribution >= 0.6 is 17.0 Å². The Kier molecular flexibility index (Phi) is 9.38. The molecule has 2 aromatic carbocycles. The third-order valence-corrected chi connectivity index (χ3v) is 5.01. The molecule has 2 N–H and O–H groups in total. The zero-order valence-corrected chi connectivity index (χ0v) is 18.4. The highest BCUT2D eigenvalue weighted by molar-refractivity contribution is 8.93. The summed E-state index contributed by atoms with van der Waals surface area (Å²) >= 11 is 0. The Morgan fingerprint density at radius 3 is 2.12 bits per heavy atom. The van der Waals surface area contributed by atoms with Crippen molar-refractivity contribution in [2.75, 3.05) is 6.54 Å². The van der Waals surface area contributed by atoms with Crippen molar-refractivity contribution in [1.82, 2.24) is 5.32 Å². The second kappa shape index (κ2) is 10.7.